The second-order valence-corrected chi connectivity index (χ2v) is 8.57. The number of hydrogen-bond acceptors (Lipinski definition) is 5. The molecule has 2 fully saturated rings. The number of nitrogens with one attached hydrogen (secondary N) is 1. The van der Waals surface area contributed by atoms with Crippen molar-refractivity contribution in [3.8, 4) is 0 Å². The molecule has 4 rings (SSSR count). The molecule has 7 heteroatoms. The highest BCUT2D eigenvalue weighted by Crippen LogP contribution is 2.60. The third kappa shape index (κ3) is 3.19. The Morgan fingerprint density at radius 2 is 2.11 bits per heavy atom. The Balaban J connectivity index is 1.55. The Labute approximate surface area is 160 Å². The summed E-state index contributed by atoms with van der Waals surface area (Å²) >= 11 is 0. The lowest BCUT2D eigenvalue weighted by molar-refractivity contribution is -0.0948. The first-order chi connectivity index (χ1) is 12.9. The van der Waals surface area contributed by atoms with Crippen molar-refractivity contribution in [2.24, 2.45) is 5.41 Å². The molecule has 2 heterocycles. The molecule has 0 bridgehead atoms. The third-order valence-corrected chi connectivity index (χ3v) is 6.73. The first kappa shape index (κ1) is 18.9. The fourth-order valence-electron chi connectivity index (χ4n) is 4.72. The van der Waals surface area contributed by atoms with Crippen LogP contribution < -0.4 is 5.32 Å². The van der Waals surface area contributed by atoms with Gasteiger partial charge in [0.1, 0.15) is 5.69 Å². The molecule has 0 aromatic carbocycles. The van der Waals surface area contributed by atoms with Gasteiger partial charge in [0.15, 0.2) is 0 Å². The minimum atomic E-state index is -0.577. The number of methoxy groups -OCH3 is 1. The summed E-state index contributed by atoms with van der Waals surface area (Å²) in [4.78, 5) is 13.1. The van der Waals surface area contributed by atoms with E-state index in [-0.39, 0.29) is 23.5 Å². The number of nitrogens with zero attached hydrogens (tertiary/aromatic N) is 2. The molecular weight excluding hydrogens is 346 g/mol. The first-order valence-electron chi connectivity index (χ1n) is 10.1. The monoisotopic (exact) mass is 377 g/mol. The maximum atomic E-state index is 13.1. The smallest absolute Gasteiger partial charge is 0.269 e. The maximum absolute atomic E-state index is 13.1. The van der Waals surface area contributed by atoms with Gasteiger partial charge in [0.2, 0.25) is 0 Å². The van der Waals surface area contributed by atoms with E-state index >= 15 is 0 Å². The van der Waals surface area contributed by atoms with E-state index in [9.17, 15) is 9.90 Å². The minimum absolute atomic E-state index is 0.0598. The van der Waals surface area contributed by atoms with Gasteiger partial charge in [0, 0.05) is 31.1 Å². The molecular formula is C20H31N3O4. The molecule has 0 radical (unpaired) electrons. The summed E-state index contributed by atoms with van der Waals surface area (Å²) in [5.41, 5.74) is 1.77. The minimum Gasteiger partial charge on any atom is -0.389 e. The van der Waals surface area contributed by atoms with Gasteiger partial charge in [-0.05, 0) is 46.0 Å². The fourth-order valence-corrected chi connectivity index (χ4v) is 4.72. The van der Waals surface area contributed by atoms with Crippen molar-refractivity contribution in [2.45, 2.75) is 76.7 Å². The van der Waals surface area contributed by atoms with E-state index in [0.29, 0.717) is 31.8 Å². The molecule has 7 nitrogen and oxygen atoms in total. The van der Waals surface area contributed by atoms with Crippen LogP contribution in [0.15, 0.2) is 0 Å². The third-order valence-electron chi connectivity index (χ3n) is 6.73. The van der Waals surface area contributed by atoms with Crippen LogP contribution in [0.1, 0.15) is 73.8 Å². The molecule has 1 aliphatic heterocycles. The lowest BCUT2D eigenvalue weighted by Crippen LogP contribution is -2.51. The van der Waals surface area contributed by atoms with Crippen molar-refractivity contribution in [1.82, 2.24) is 15.1 Å². The molecule has 1 aromatic heterocycles. The summed E-state index contributed by atoms with van der Waals surface area (Å²) in [6.45, 7) is 5.57. The fraction of sp³-hybridized carbons (Fsp3) is 0.800. The highest BCUT2D eigenvalue weighted by molar-refractivity contribution is 5.94. The maximum Gasteiger partial charge on any atom is 0.269 e. The highest BCUT2D eigenvalue weighted by Gasteiger charge is 2.60. The molecule has 2 aliphatic carbocycles. The number of aliphatic hydroxyl groups is 1. The Bertz CT molecular complexity index is 721. The summed E-state index contributed by atoms with van der Waals surface area (Å²) in [6, 6.07) is 0. The van der Waals surface area contributed by atoms with Crippen LogP contribution in [-0.4, -0.2) is 52.8 Å². The Hall–Kier alpha value is -1.44. The van der Waals surface area contributed by atoms with Gasteiger partial charge in [0.25, 0.3) is 5.91 Å². The van der Waals surface area contributed by atoms with Gasteiger partial charge in [-0.25, -0.2) is 0 Å². The van der Waals surface area contributed by atoms with Crippen LogP contribution in [0.25, 0.3) is 0 Å². The van der Waals surface area contributed by atoms with E-state index in [0.717, 1.165) is 43.4 Å². The van der Waals surface area contributed by atoms with Gasteiger partial charge in [-0.1, -0.05) is 0 Å². The number of carbonyl (C=O) groups is 1. The van der Waals surface area contributed by atoms with E-state index in [1.54, 1.807) is 11.8 Å². The van der Waals surface area contributed by atoms with Crippen LogP contribution >= 0.6 is 0 Å². The van der Waals surface area contributed by atoms with Crippen LogP contribution in [0, 0.1) is 5.41 Å². The quantitative estimate of drug-likeness (QED) is 0.759. The van der Waals surface area contributed by atoms with Crippen molar-refractivity contribution >= 4 is 5.91 Å². The summed E-state index contributed by atoms with van der Waals surface area (Å²) in [7, 11) is 1.65. The van der Waals surface area contributed by atoms with Gasteiger partial charge in [-0.15, -0.1) is 0 Å². The normalized spacial score (nSPS) is 27.6. The standard InChI is InChI=1S/C20H31N3O4/c1-13-11-15-16(14(2)27-13)22-23(9-10-26-3)17(15)18(24)21-12-19(7-8-19)20(25)5-4-6-20/h13-14,25H,4-12H2,1-3H3,(H,21,24)/t13-,14+/m0/s1. The van der Waals surface area contributed by atoms with E-state index in [1.165, 1.54) is 0 Å². The number of hydrogen-bond donors (Lipinski definition) is 2. The SMILES string of the molecule is COCCn1nc2c(c1C(=O)NCC1(C3(O)CCC3)CC1)C[C@H](C)O[C@@H]2C. The van der Waals surface area contributed by atoms with E-state index in [2.05, 4.69) is 10.4 Å². The molecule has 3 aliphatic rings. The van der Waals surface area contributed by atoms with Crippen molar-refractivity contribution < 1.29 is 19.4 Å². The van der Waals surface area contributed by atoms with Crippen LogP contribution in [0.3, 0.4) is 0 Å². The molecule has 0 unspecified atom stereocenters. The van der Waals surface area contributed by atoms with Gasteiger partial charge >= 0.3 is 0 Å². The summed E-state index contributed by atoms with van der Waals surface area (Å²) < 4.78 is 12.8. The topological polar surface area (TPSA) is 85.6 Å². The van der Waals surface area contributed by atoms with Gasteiger partial charge in [-0.3, -0.25) is 9.48 Å². The zero-order chi connectivity index (χ0) is 19.2. The number of aromatic nitrogens is 2. The molecule has 0 spiro atoms. The zero-order valence-electron chi connectivity index (χ0n) is 16.6. The van der Waals surface area contributed by atoms with Crippen LogP contribution in [0.5, 0.6) is 0 Å². The van der Waals surface area contributed by atoms with Crippen molar-refractivity contribution in [3.63, 3.8) is 0 Å². The first-order valence-corrected chi connectivity index (χ1v) is 10.1. The average Bonchev–Trinajstić information content (AvgIpc) is 3.31. The lowest BCUT2D eigenvalue weighted by Gasteiger charge is -2.44. The van der Waals surface area contributed by atoms with Gasteiger partial charge in [0.05, 0.1) is 36.7 Å². The number of ether oxygens (including phenoxy) is 2. The van der Waals surface area contributed by atoms with E-state index in [1.807, 2.05) is 13.8 Å². The summed E-state index contributed by atoms with van der Waals surface area (Å²) in [5.74, 6) is -0.102. The van der Waals surface area contributed by atoms with Crippen molar-refractivity contribution in [1.29, 1.82) is 0 Å². The molecule has 2 saturated carbocycles. The van der Waals surface area contributed by atoms with Crippen molar-refractivity contribution in [2.75, 3.05) is 20.3 Å². The molecule has 1 aromatic rings. The summed E-state index contributed by atoms with van der Waals surface area (Å²) in [6.07, 6.45) is 5.41. The predicted molar refractivity (Wildman–Crippen MR) is 99.6 cm³/mol. The second-order valence-electron chi connectivity index (χ2n) is 8.57. The molecule has 0 saturated heterocycles. The molecule has 2 N–H and O–H groups in total. The summed E-state index contributed by atoms with van der Waals surface area (Å²) in [5, 5.41) is 18.6. The van der Waals surface area contributed by atoms with Gasteiger partial charge in [-0.2, -0.15) is 5.10 Å². The van der Waals surface area contributed by atoms with Crippen LogP contribution in [-0.2, 0) is 22.4 Å². The van der Waals surface area contributed by atoms with E-state index in [4.69, 9.17) is 9.47 Å². The number of carbonyl (C=O) groups excluding carboxylic acids is 1. The number of amides is 1. The van der Waals surface area contributed by atoms with Crippen LogP contribution in [0.4, 0.5) is 0 Å². The van der Waals surface area contributed by atoms with Crippen molar-refractivity contribution in [3.05, 3.63) is 17.0 Å². The van der Waals surface area contributed by atoms with E-state index < -0.39 is 5.60 Å². The molecule has 150 valence electrons. The van der Waals surface area contributed by atoms with Gasteiger partial charge < -0.3 is 19.9 Å². The Kier molecular flexibility index (Phi) is 4.81. The number of fused-ring (bicyclic) bond motifs is 1. The zero-order valence-corrected chi connectivity index (χ0v) is 16.6. The van der Waals surface area contributed by atoms with Crippen LogP contribution in [0.2, 0.25) is 0 Å². The molecule has 1 amide bonds. The highest BCUT2D eigenvalue weighted by atomic mass is 16.5. The number of rotatable bonds is 7. The second kappa shape index (κ2) is 6.87. The molecule has 27 heavy (non-hydrogen) atoms. The predicted octanol–water partition coefficient (Wildman–Crippen LogP) is 1.98. The largest absolute Gasteiger partial charge is 0.389 e. The Morgan fingerprint density at radius 1 is 1.37 bits per heavy atom. The lowest BCUT2D eigenvalue weighted by atomic mass is 9.69. The Morgan fingerprint density at radius 3 is 2.70 bits per heavy atom. The average molecular weight is 377 g/mol. The molecule has 2 atom stereocenters.